The predicted octanol–water partition coefficient (Wildman–Crippen LogP) is 3.27. The Morgan fingerprint density at radius 2 is 2.06 bits per heavy atom. The van der Waals surface area contributed by atoms with Crippen LogP contribution in [0.2, 0.25) is 0 Å². The van der Waals surface area contributed by atoms with E-state index in [0.717, 1.165) is 35.2 Å². The topological polar surface area (TPSA) is 118 Å². The van der Waals surface area contributed by atoms with Crippen LogP contribution in [-0.4, -0.2) is 57.5 Å². The van der Waals surface area contributed by atoms with Gasteiger partial charge in [-0.3, -0.25) is 4.79 Å². The number of benzene rings is 2. The summed E-state index contributed by atoms with van der Waals surface area (Å²) >= 11 is 1.62. The number of carbonyl (C=O) groups is 1. The molecule has 1 aromatic heterocycles. The molecule has 0 aliphatic carbocycles. The van der Waals surface area contributed by atoms with Crippen molar-refractivity contribution in [2.24, 2.45) is 0 Å². The molecule has 0 radical (unpaired) electrons. The molecule has 6 N–H and O–H groups in total. The number of aromatic nitrogens is 1. The first kappa shape index (κ1) is 26.0. The van der Waals surface area contributed by atoms with Gasteiger partial charge in [0, 0.05) is 41.4 Å². The molecule has 2 aromatic carbocycles. The summed E-state index contributed by atoms with van der Waals surface area (Å²) in [5.74, 6) is 0.932. The summed E-state index contributed by atoms with van der Waals surface area (Å²) in [4.78, 5) is 15.7. The number of hydrogen-bond donors (Lipinski definition) is 6. The number of phenols is 1. The van der Waals surface area contributed by atoms with E-state index in [1.165, 1.54) is 6.07 Å². The summed E-state index contributed by atoms with van der Waals surface area (Å²) in [5, 5.41) is 38.7. The lowest BCUT2D eigenvalue weighted by molar-refractivity contribution is 0.0988. The van der Waals surface area contributed by atoms with Crippen LogP contribution in [0.25, 0.3) is 10.9 Å². The van der Waals surface area contributed by atoms with Gasteiger partial charge in [0.25, 0.3) is 0 Å². The maximum Gasteiger partial charge on any atom is 0.192 e. The number of rotatable bonds is 14. The third-order valence-corrected chi connectivity index (χ3v) is 6.32. The quantitative estimate of drug-likeness (QED) is 0.154. The predicted molar refractivity (Wildman–Crippen MR) is 138 cm³/mol. The molecular formula is C26H33N3O4S. The van der Waals surface area contributed by atoms with E-state index < -0.39 is 6.10 Å². The summed E-state index contributed by atoms with van der Waals surface area (Å²) in [5.41, 5.74) is 3.69. The van der Waals surface area contributed by atoms with Gasteiger partial charge in [-0.25, -0.2) is 0 Å². The first-order valence-corrected chi connectivity index (χ1v) is 12.4. The molecule has 3 rings (SSSR count). The molecule has 0 spiro atoms. The molecule has 0 bridgehead atoms. The minimum atomic E-state index is -0.752. The number of carbonyl (C=O) groups excluding carboxylic acids is 1. The molecule has 2 atom stereocenters. The van der Waals surface area contributed by atoms with Gasteiger partial charge in [-0.2, -0.15) is 0 Å². The normalized spacial score (nSPS) is 13.1. The lowest BCUT2D eigenvalue weighted by Gasteiger charge is -2.18. The fourth-order valence-electron chi connectivity index (χ4n) is 3.77. The molecule has 0 aliphatic rings. The third-order valence-electron chi connectivity index (χ3n) is 5.65. The Labute approximate surface area is 204 Å². The zero-order valence-corrected chi connectivity index (χ0v) is 20.2. The maximum atomic E-state index is 12.5. The largest absolute Gasteiger partial charge is 0.508 e. The van der Waals surface area contributed by atoms with Crippen LogP contribution in [0.1, 0.15) is 40.2 Å². The number of ketones is 1. The van der Waals surface area contributed by atoms with Gasteiger partial charge in [0.1, 0.15) is 5.75 Å². The molecule has 1 heterocycles. The van der Waals surface area contributed by atoms with Crippen molar-refractivity contribution >= 4 is 28.4 Å². The molecule has 182 valence electrons. The summed E-state index contributed by atoms with van der Waals surface area (Å²) < 4.78 is 0. The first-order chi connectivity index (χ1) is 16.4. The van der Waals surface area contributed by atoms with Gasteiger partial charge in [0.2, 0.25) is 0 Å². The zero-order valence-electron chi connectivity index (χ0n) is 19.4. The number of Topliss-reactive ketones (excluding diaryl/α,β-unsaturated/α-hetero) is 1. The van der Waals surface area contributed by atoms with Crippen molar-refractivity contribution in [3.63, 3.8) is 0 Å². The minimum Gasteiger partial charge on any atom is -0.508 e. The molecular weight excluding hydrogens is 450 g/mol. The number of H-pyrrole nitrogens is 1. The number of aliphatic hydroxyl groups excluding tert-OH is 2. The SMILES string of the molecule is C=CSCCNCC(=O)c1cc2cc(CC(C)NCC(O)c3ccc(O)c(CO)c3)ccc2[nH]1. The molecule has 8 heteroatoms. The highest BCUT2D eigenvalue weighted by Crippen LogP contribution is 2.23. The summed E-state index contributed by atoms with van der Waals surface area (Å²) in [6.45, 7) is 6.82. The summed E-state index contributed by atoms with van der Waals surface area (Å²) in [6.07, 6.45) is 0.00922. The van der Waals surface area contributed by atoms with Crippen molar-refractivity contribution in [2.45, 2.75) is 32.1 Å². The Balaban J connectivity index is 1.53. The van der Waals surface area contributed by atoms with Crippen molar-refractivity contribution in [3.8, 4) is 5.75 Å². The standard InChI is InChI=1S/C26H33N3O4S/c1-3-34-9-8-27-14-26(33)23-13-20-11-18(4-6-22(20)29-23)10-17(2)28-15-25(32)19-5-7-24(31)21(12-19)16-30/h3-7,11-13,17,25,27-32H,1,8-10,14-16H2,2H3. The molecule has 3 aromatic rings. The van der Waals surface area contributed by atoms with Gasteiger partial charge in [-0.1, -0.05) is 18.7 Å². The molecule has 0 saturated carbocycles. The number of aromatic amines is 1. The number of aliphatic hydroxyl groups is 2. The highest BCUT2D eigenvalue weighted by Gasteiger charge is 2.13. The molecule has 0 saturated heterocycles. The number of aromatic hydroxyl groups is 1. The fraction of sp³-hybridized carbons (Fsp3) is 0.346. The third kappa shape index (κ3) is 7.19. The summed E-state index contributed by atoms with van der Waals surface area (Å²) in [7, 11) is 0. The van der Waals surface area contributed by atoms with Gasteiger partial charge >= 0.3 is 0 Å². The highest BCUT2D eigenvalue weighted by molar-refractivity contribution is 8.02. The van der Waals surface area contributed by atoms with Crippen LogP contribution in [-0.2, 0) is 13.0 Å². The second-order valence-corrected chi connectivity index (χ2v) is 9.39. The summed E-state index contributed by atoms with van der Waals surface area (Å²) in [6, 6.07) is 12.9. The Kier molecular flexibility index (Phi) is 9.74. The Bertz CT molecular complexity index is 1110. The highest BCUT2D eigenvalue weighted by atomic mass is 32.2. The van der Waals surface area contributed by atoms with Crippen LogP contribution in [0, 0.1) is 0 Å². The lowest BCUT2D eigenvalue weighted by atomic mass is 10.0. The smallest absolute Gasteiger partial charge is 0.192 e. The van der Waals surface area contributed by atoms with Crippen molar-refractivity contribution in [3.05, 3.63) is 76.8 Å². The number of fused-ring (bicyclic) bond motifs is 1. The molecule has 2 unspecified atom stereocenters. The monoisotopic (exact) mass is 483 g/mol. The average molecular weight is 484 g/mol. The first-order valence-electron chi connectivity index (χ1n) is 11.3. The Morgan fingerprint density at radius 3 is 2.82 bits per heavy atom. The molecule has 34 heavy (non-hydrogen) atoms. The molecule has 0 fully saturated rings. The van der Waals surface area contributed by atoms with Crippen LogP contribution >= 0.6 is 11.8 Å². The molecule has 7 nitrogen and oxygen atoms in total. The van der Waals surface area contributed by atoms with E-state index in [1.54, 1.807) is 29.3 Å². The van der Waals surface area contributed by atoms with Crippen molar-refractivity contribution in [2.75, 3.05) is 25.4 Å². The Hall–Kier alpha value is -2.62. The molecule has 0 amide bonds. The van der Waals surface area contributed by atoms with E-state index in [0.29, 0.717) is 29.9 Å². The van der Waals surface area contributed by atoms with Crippen LogP contribution < -0.4 is 10.6 Å². The number of hydrogen-bond acceptors (Lipinski definition) is 7. The van der Waals surface area contributed by atoms with E-state index in [2.05, 4.69) is 35.2 Å². The lowest BCUT2D eigenvalue weighted by Crippen LogP contribution is -2.32. The number of nitrogens with one attached hydrogen (secondary N) is 3. The zero-order chi connectivity index (χ0) is 24.5. The van der Waals surface area contributed by atoms with E-state index in [-0.39, 0.29) is 24.2 Å². The van der Waals surface area contributed by atoms with E-state index in [1.807, 2.05) is 18.2 Å². The van der Waals surface area contributed by atoms with Gasteiger partial charge in [-0.15, -0.1) is 11.8 Å². The van der Waals surface area contributed by atoms with Crippen molar-refractivity contribution in [1.29, 1.82) is 0 Å². The second-order valence-electron chi connectivity index (χ2n) is 8.32. The van der Waals surface area contributed by atoms with Gasteiger partial charge < -0.3 is 30.9 Å². The van der Waals surface area contributed by atoms with E-state index >= 15 is 0 Å². The van der Waals surface area contributed by atoms with Crippen LogP contribution in [0.5, 0.6) is 5.75 Å². The maximum absolute atomic E-state index is 12.5. The van der Waals surface area contributed by atoms with Gasteiger partial charge in [-0.05, 0) is 60.2 Å². The number of thioether (sulfide) groups is 1. The van der Waals surface area contributed by atoms with Crippen molar-refractivity contribution in [1.82, 2.24) is 15.6 Å². The molecule has 0 aliphatic heterocycles. The van der Waals surface area contributed by atoms with E-state index in [9.17, 15) is 20.1 Å². The van der Waals surface area contributed by atoms with Gasteiger partial charge in [0.15, 0.2) is 5.78 Å². The minimum absolute atomic E-state index is 0.0173. The van der Waals surface area contributed by atoms with Crippen molar-refractivity contribution < 1.29 is 20.1 Å². The van der Waals surface area contributed by atoms with Crippen LogP contribution in [0.15, 0.2) is 54.5 Å². The van der Waals surface area contributed by atoms with Gasteiger partial charge in [0.05, 0.1) is 24.9 Å². The van der Waals surface area contributed by atoms with E-state index in [4.69, 9.17) is 0 Å². The second kappa shape index (κ2) is 12.7. The van der Waals surface area contributed by atoms with Crippen LogP contribution in [0.3, 0.4) is 0 Å². The van der Waals surface area contributed by atoms with Crippen LogP contribution in [0.4, 0.5) is 0 Å². The Morgan fingerprint density at radius 1 is 1.24 bits per heavy atom. The fourth-order valence-corrected chi connectivity index (χ4v) is 4.20. The average Bonchev–Trinajstić information content (AvgIpc) is 3.26.